The molecule has 2 heterocycles. The third kappa shape index (κ3) is 4.97. The molecule has 0 amide bonds. The van der Waals surface area contributed by atoms with Gasteiger partial charge in [-0.25, -0.2) is 4.98 Å². The van der Waals surface area contributed by atoms with E-state index in [9.17, 15) is 0 Å². The molecule has 1 saturated heterocycles. The van der Waals surface area contributed by atoms with Crippen LogP contribution in [0.5, 0.6) is 5.88 Å². The summed E-state index contributed by atoms with van der Waals surface area (Å²) in [5.41, 5.74) is 1.23. The molecule has 4 nitrogen and oxygen atoms in total. The first-order valence-corrected chi connectivity index (χ1v) is 8.17. The van der Waals surface area contributed by atoms with Crippen molar-refractivity contribution < 1.29 is 4.74 Å². The molecule has 1 fully saturated rings. The molecule has 1 N–H and O–H groups in total. The zero-order valence-electron chi connectivity index (χ0n) is 13.6. The average molecular weight is 291 g/mol. The fourth-order valence-electron chi connectivity index (χ4n) is 3.14. The van der Waals surface area contributed by atoms with Gasteiger partial charge in [-0.1, -0.05) is 6.92 Å². The Balaban J connectivity index is 1.81. The first-order valence-electron chi connectivity index (χ1n) is 8.17. The molecule has 0 aromatic carbocycles. The van der Waals surface area contributed by atoms with Crippen molar-refractivity contribution in [2.45, 2.75) is 45.7 Å². The summed E-state index contributed by atoms with van der Waals surface area (Å²) < 4.78 is 5.17. The van der Waals surface area contributed by atoms with Crippen LogP contribution in [0.1, 0.15) is 38.7 Å². The third-order valence-corrected chi connectivity index (χ3v) is 4.43. The summed E-state index contributed by atoms with van der Waals surface area (Å²) in [6, 6.07) is 4.60. The fraction of sp³-hybridized carbons (Fsp3) is 0.706. The fourth-order valence-corrected chi connectivity index (χ4v) is 3.14. The molecule has 1 aliphatic heterocycles. The van der Waals surface area contributed by atoms with Gasteiger partial charge in [0, 0.05) is 31.4 Å². The molecule has 0 saturated carbocycles. The van der Waals surface area contributed by atoms with Crippen molar-refractivity contribution >= 4 is 0 Å². The molecule has 1 aromatic rings. The number of hydrogen-bond acceptors (Lipinski definition) is 4. The Bertz CT molecular complexity index is 422. The maximum Gasteiger partial charge on any atom is 0.213 e. The minimum atomic E-state index is 0.545. The second-order valence-corrected chi connectivity index (χ2v) is 6.08. The molecule has 2 unspecified atom stereocenters. The first kappa shape index (κ1) is 16.2. The zero-order valence-corrected chi connectivity index (χ0v) is 13.6. The number of nitrogens with one attached hydrogen (secondary N) is 1. The van der Waals surface area contributed by atoms with Gasteiger partial charge in [0.2, 0.25) is 5.88 Å². The van der Waals surface area contributed by atoms with Gasteiger partial charge < -0.3 is 15.0 Å². The van der Waals surface area contributed by atoms with E-state index in [1.54, 1.807) is 7.11 Å². The van der Waals surface area contributed by atoms with E-state index >= 15 is 0 Å². The van der Waals surface area contributed by atoms with Crippen LogP contribution in [-0.2, 0) is 6.54 Å². The van der Waals surface area contributed by atoms with Gasteiger partial charge in [0.15, 0.2) is 0 Å². The smallest absolute Gasteiger partial charge is 0.213 e. The number of pyridine rings is 1. The van der Waals surface area contributed by atoms with Gasteiger partial charge in [0.05, 0.1) is 7.11 Å². The zero-order chi connectivity index (χ0) is 15.1. The Morgan fingerprint density at radius 2 is 2.38 bits per heavy atom. The number of aromatic nitrogens is 1. The van der Waals surface area contributed by atoms with Crippen LogP contribution < -0.4 is 10.1 Å². The van der Waals surface area contributed by atoms with Crippen LogP contribution >= 0.6 is 0 Å². The predicted octanol–water partition coefficient (Wildman–Crippen LogP) is 2.69. The van der Waals surface area contributed by atoms with Crippen LogP contribution in [0.2, 0.25) is 0 Å². The topological polar surface area (TPSA) is 37.4 Å². The predicted molar refractivity (Wildman–Crippen MR) is 86.5 cm³/mol. The number of rotatable bonds is 7. The van der Waals surface area contributed by atoms with E-state index < -0.39 is 0 Å². The molecule has 0 bridgehead atoms. The van der Waals surface area contributed by atoms with Gasteiger partial charge in [-0.05, 0) is 56.8 Å². The van der Waals surface area contributed by atoms with E-state index in [1.807, 2.05) is 18.3 Å². The Morgan fingerprint density at radius 1 is 1.52 bits per heavy atom. The summed E-state index contributed by atoms with van der Waals surface area (Å²) in [5.74, 6) is 1.45. The normalized spacial score (nSPS) is 21.2. The highest BCUT2D eigenvalue weighted by atomic mass is 16.5. The average Bonchev–Trinajstić information content (AvgIpc) is 2.53. The van der Waals surface area contributed by atoms with E-state index in [0.29, 0.717) is 11.9 Å². The van der Waals surface area contributed by atoms with Crippen molar-refractivity contribution in [1.29, 1.82) is 0 Å². The number of likely N-dealkylation sites (tertiary alicyclic amines) is 1. The second-order valence-electron chi connectivity index (χ2n) is 6.08. The molecular formula is C17H29N3O. The van der Waals surface area contributed by atoms with Crippen molar-refractivity contribution in [3.63, 3.8) is 0 Å². The quantitative estimate of drug-likeness (QED) is 0.838. The maximum atomic E-state index is 5.17. The van der Waals surface area contributed by atoms with Gasteiger partial charge in [-0.3, -0.25) is 0 Å². The summed E-state index contributed by atoms with van der Waals surface area (Å²) in [7, 11) is 1.66. The first-order chi connectivity index (χ1) is 10.2. The SMILES string of the molecule is CCCN1CCCC(C(C)NCc2ccnc(OC)c2)C1. The second kappa shape index (κ2) is 8.35. The molecule has 118 valence electrons. The molecule has 0 spiro atoms. The molecular weight excluding hydrogens is 262 g/mol. The molecule has 2 rings (SSSR count). The maximum absolute atomic E-state index is 5.17. The van der Waals surface area contributed by atoms with E-state index in [2.05, 4.69) is 29.0 Å². The van der Waals surface area contributed by atoms with Crippen LogP contribution in [0.15, 0.2) is 18.3 Å². The minimum absolute atomic E-state index is 0.545. The van der Waals surface area contributed by atoms with E-state index in [1.165, 1.54) is 44.5 Å². The number of methoxy groups -OCH3 is 1. The minimum Gasteiger partial charge on any atom is -0.481 e. The van der Waals surface area contributed by atoms with Crippen LogP contribution in [0.4, 0.5) is 0 Å². The number of hydrogen-bond donors (Lipinski definition) is 1. The Labute approximate surface area is 128 Å². The molecule has 0 aliphatic carbocycles. The molecule has 1 aliphatic rings. The highest BCUT2D eigenvalue weighted by Crippen LogP contribution is 2.20. The van der Waals surface area contributed by atoms with Crippen molar-refractivity contribution in [2.24, 2.45) is 5.92 Å². The van der Waals surface area contributed by atoms with Crippen LogP contribution in [0.25, 0.3) is 0 Å². The highest BCUT2D eigenvalue weighted by molar-refractivity contribution is 5.20. The molecule has 0 radical (unpaired) electrons. The van der Waals surface area contributed by atoms with E-state index in [-0.39, 0.29) is 0 Å². The van der Waals surface area contributed by atoms with Crippen molar-refractivity contribution in [3.05, 3.63) is 23.9 Å². The van der Waals surface area contributed by atoms with Gasteiger partial charge in [0.1, 0.15) is 0 Å². The lowest BCUT2D eigenvalue weighted by atomic mass is 9.91. The Kier molecular flexibility index (Phi) is 6.46. The largest absolute Gasteiger partial charge is 0.481 e. The highest BCUT2D eigenvalue weighted by Gasteiger charge is 2.23. The van der Waals surface area contributed by atoms with Crippen LogP contribution in [-0.4, -0.2) is 42.7 Å². The van der Waals surface area contributed by atoms with Crippen LogP contribution in [0.3, 0.4) is 0 Å². The van der Waals surface area contributed by atoms with E-state index in [4.69, 9.17) is 4.74 Å². The third-order valence-electron chi connectivity index (χ3n) is 4.43. The van der Waals surface area contributed by atoms with Crippen LogP contribution in [0, 0.1) is 5.92 Å². The monoisotopic (exact) mass is 291 g/mol. The van der Waals surface area contributed by atoms with Gasteiger partial charge in [0.25, 0.3) is 0 Å². The number of piperidine rings is 1. The van der Waals surface area contributed by atoms with Crippen molar-refractivity contribution in [1.82, 2.24) is 15.2 Å². The van der Waals surface area contributed by atoms with E-state index in [0.717, 1.165) is 12.5 Å². The Morgan fingerprint density at radius 3 is 3.14 bits per heavy atom. The van der Waals surface area contributed by atoms with Gasteiger partial charge in [-0.15, -0.1) is 0 Å². The summed E-state index contributed by atoms with van der Waals surface area (Å²) in [4.78, 5) is 6.76. The molecule has 1 aromatic heterocycles. The van der Waals surface area contributed by atoms with Gasteiger partial charge in [-0.2, -0.15) is 0 Å². The van der Waals surface area contributed by atoms with Crippen molar-refractivity contribution in [3.8, 4) is 5.88 Å². The molecule has 2 atom stereocenters. The number of nitrogens with zero attached hydrogens (tertiary/aromatic N) is 2. The lowest BCUT2D eigenvalue weighted by molar-refractivity contribution is 0.150. The number of ether oxygens (including phenoxy) is 1. The van der Waals surface area contributed by atoms with Gasteiger partial charge >= 0.3 is 0 Å². The molecule has 4 heteroatoms. The lowest BCUT2D eigenvalue weighted by Crippen LogP contribution is -2.44. The van der Waals surface area contributed by atoms with Crippen molar-refractivity contribution in [2.75, 3.05) is 26.7 Å². The summed E-state index contributed by atoms with van der Waals surface area (Å²) in [6.45, 7) is 9.22. The molecule has 21 heavy (non-hydrogen) atoms. The Hall–Kier alpha value is -1.13. The summed E-state index contributed by atoms with van der Waals surface area (Å²) >= 11 is 0. The summed E-state index contributed by atoms with van der Waals surface area (Å²) in [6.07, 6.45) is 5.74. The standard InChI is InChI=1S/C17H29N3O/c1-4-9-20-10-5-6-16(13-20)14(2)19-12-15-7-8-18-17(11-15)21-3/h7-8,11,14,16,19H,4-6,9-10,12-13H2,1-3H3. The summed E-state index contributed by atoms with van der Waals surface area (Å²) in [5, 5.41) is 3.67. The lowest BCUT2D eigenvalue weighted by Gasteiger charge is -2.36.